The maximum absolute atomic E-state index is 12.5. The molecule has 2 aromatic carbocycles. The molecule has 0 radical (unpaired) electrons. The van der Waals surface area contributed by atoms with Crippen molar-refractivity contribution >= 4 is 33.2 Å². The molecule has 0 saturated heterocycles. The number of nitrogens with one attached hydrogen (secondary N) is 2. The molecule has 0 fully saturated rings. The second kappa shape index (κ2) is 10.6. The smallest absolute Gasteiger partial charge is 0.269 e. The summed E-state index contributed by atoms with van der Waals surface area (Å²) in [5, 5.41) is 15.8. The largest absolute Gasteiger partial charge is 0.352 e. The van der Waals surface area contributed by atoms with Gasteiger partial charge in [-0.25, -0.2) is 8.42 Å². The lowest BCUT2D eigenvalue weighted by Crippen LogP contribution is -2.30. The third kappa shape index (κ3) is 6.33. The van der Waals surface area contributed by atoms with Crippen molar-refractivity contribution in [2.75, 3.05) is 25.0 Å². The molecule has 31 heavy (non-hydrogen) atoms. The molecule has 11 heteroatoms. The fourth-order valence-electron chi connectivity index (χ4n) is 2.77. The topological polar surface area (TPSA) is 139 Å². The third-order valence-corrected chi connectivity index (χ3v) is 6.52. The van der Waals surface area contributed by atoms with Crippen molar-refractivity contribution in [1.82, 2.24) is 9.62 Å². The number of benzene rings is 2. The zero-order chi connectivity index (χ0) is 23.0. The Hall–Kier alpha value is -3.31. The number of nitro benzene ring substituents is 1. The van der Waals surface area contributed by atoms with Crippen LogP contribution in [0.15, 0.2) is 53.4 Å². The lowest BCUT2D eigenvalue weighted by Gasteiger charge is -2.18. The van der Waals surface area contributed by atoms with Crippen LogP contribution in [-0.4, -0.2) is 49.1 Å². The number of hydrogen-bond acceptors (Lipinski definition) is 6. The molecule has 2 N–H and O–H groups in total. The first-order valence-corrected chi connectivity index (χ1v) is 11.1. The summed E-state index contributed by atoms with van der Waals surface area (Å²) in [6, 6.07) is 11.0. The number of carbonyl (C=O) groups is 2. The maximum atomic E-state index is 12.5. The van der Waals surface area contributed by atoms with E-state index < -0.39 is 20.9 Å². The van der Waals surface area contributed by atoms with Crippen molar-refractivity contribution in [3.8, 4) is 0 Å². The van der Waals surface area contributed by atoms with E-state index in [-0.39, 0.29) is 35.0 Å². The van der Waals surface area contributed by atoms with Gasteiger partial charge in [-0.2, -0.15) is 4.31 Å². The van der Waals surface area contributed by atoms with Gasteiger partial charge in [-0.3, -0.25) is 19.7 Å². The number of hydrogen-bond donors (Lipinski definition) is 2. The number of sulfonamides is 1. The van der Waals surface area contributed by atoms with Gasteiger partial charge in [-0.05, 0) is 36.4 Å². The van der Waals surface area contributed by atoms with Crippen LogP contribution in [0.25, 0.3) is 0 Å². The third-order valence-electron chi connectivity index (χ3n) is 4.46. The van der Waals surface area contributed by atoms with Gasteiger partial charge in [0.1, 0.15) is 0 Å². The van der Waals surface area contributed by atoms with Crippen LogP contribution in [-0.2, 0) is 14.8 Å². The van der Waals surface area contributed by atoms with Gasteiger partial charge in [0.05, 0.1) is 9.82 Å². The van der Waals surface area contributed by atoms with E-state index in [0.717, 1.165) is 0 Å². The molecule has 2 amide bonds. The van der Waals surface area contributed by atoms with Gasteiger partial charge in [0.15, 0.2) is 0 Å². The minimum atomic E-state index is -3.57. The molecule has 0 spiro atoms. The van der Waals surface area contributed by atoms with Crippen molar-refractivity contribution in [2.24, 2.45) is 0 Å². The number of carbonyl (C=O) groups excluding carboxylic acids is 2. The quantitative estimate of drug-likeness (QED) is 0.423. The van der Waals surface area contributed by atoms with Crippen LogP contribution in [0.5, 0.6) is 0 Å². The van der Waals surface area contributed by atoms with Gasteiger partial charge in [0, 0.05) is 49.4 Å². The Morgan fingerprint density at radius 1 is 1.00 bits per heavy atom. The molecule has 2 rings (SSSR count). The highest BCUT2D eigenvalue weighted by molar-refractivity contribution is 7.89. The molecule has 0 bridgehead atoms. The van der Waals surface area contributed by atoms with Gasteiger partial charge >= 0.3 is 0 Å². The number of rotatable bonds is 10. The van der Waals surface area contributed by atoms with Gasteiger partial charge in [-0.15, -0.1) is 0 Å². The summed E-state index contributed by atoms with van der Waals surface area (Å²) in [5.41, 5.74) is 0.563. The minimum Gasteiger partial charge on any atom is -0.352 e. The molecule has 2 aromatic rings. The Bertz CT molecular complexity index is 1030. The van der Waals surface area contributed by atoms with Crippen LogP contribution in [0, 0.1) is 10.1 Å². The molecular weight excluding hydrogens is 424 g/mol. The van der Waals surface area contributed by atoms with Crippen molar-refractivity contribution in [3.05, 3.63) is 64.2 Å². The van der Waals surface area contributed by atoms with Crippen LogP contribution >= 0.6 is 0 Å². The molecule has 0 aromatic heterocycles. The Labute approximate surface area is 180 Å². The highest BCUT2D eigenvalue weighted by atomic mass is 32.2. The monoisotopic (exact) mass is 448 g/mol. The van der Waals surface area contributed by atoms with Crippen LogP contribution in [0.1, 0.15) is 30.6 Å². The van der Waals surface area contributed by atoms with Gasteiger partial charge < -0.3 is 10.6 Å². The summed E-state index contributed by atoms with van der Waals surface area (Å²) in [6.07, 6.45) is -0.00177. The summed E-state index contributed by atoms with van der Waals surface area (Å²) in [4.78, 5) is 34.3. The predicted octanol–water partition coefficient (Wildman–Crippen LogP) is 2.38. The van der Waals surface area contributed by atoms with Gasteiger partial charge in [-0.1, -0.05) is 13.8 Å². The van der Waals surface area contributed by atoms with E-state index in [1.165, 1.54) is 52.8 Å². The summed E-state index contributed by atoms with van der Waals surface area (Å²) in [6.45, 7) is 4.31. The van der Waals surface area contributed by atoms with E-state index in [2.05, 4.69) is 10.6 Å². The van der Waals surface area contributed by atoms with E-state index in [1.807, 2.05) is 0 Å². The molecule has 0 saturated carbocycles. The Morgan fingerprint density at radius 2 is 1.58 bits per heavy atom. The van der Waals surface area contributed by atoms with Crippen molar-refractivity contribution in [1.29, 1.82) is 0 Å². The van der Waals surface area contributed by atoms with E-state index in [1.54, 1.807) is 13.8 Å². The van der Waals surface area contributed by atoms with Gasteiger partial charge in [0.25, 0.3) is 11.6 Å². The van der Waals surface area contributed by atoms with E-state index >= 15 is 0 Å². The van der Waals surface area contributed by atoms with E-state index in [4.69, 9.17) is 0 Å². The zero-order valence-corrected chi connectivity index (χ0v) is 18.0. The van der Waals surface area contributed by atoms with Crippen LogP contribution in [0.2, 0.25) is 0 Å². The molecule has 0 heterocycles. The molecule has 0 aliphatic carbocycles. The molecule has 0 unspecified atom stereocenters. The van der Waals surface area contributed by atoms with Crippen LogP contribution in [0.4, 0.5) is 11.4 Å². The molecule has 10 nitrogen and oxygen atoms in total. The fraction of sp³-hybridized carbons (Fsp3) is 0.300. The summed E-state index contributed by atoms with van der Waals surface area (Å²) in [7, 11) is -3.57. The standard InChI is InChI=1S/C20H24N4O6S/c1-3-23(4-2)31(29,30)18-11-7-16(8-12-18)22-19(25)13-14-21-20(26)15-5-9-17(10-6-15)24(27)28/h5-12H,3-4,13-14H2,1-2H3,(H,21,26)(H,22,25). The van der Waals surface area contributed by atoms with Crippen molar-refractivity contribution in [2.45, 2.75) is 25.2 Å². The van der Waals surface area contributed by atoms with Crippen LogP contribution in [0.3, 0.4) is 0 Å². The number of nitrogens with zero attached hydrogens (tertiary/aromatic N) is 2. The molecule has 0 aliphatic heterocycles. The lowest BCUT2D eigenvalue weighted by molar-refractivity contribution is -0.384. The van der Waals surface area contributed by atoms with Gasteiger partial charge in [0.2, 0.25) is 15.9 Å². The first kappa shape index (κ1) is 24.0. The Kier molecular flexibility index (Phi) is 8.22. The van der Waals surface area contributed by atoms with E-state index in [9.17, 15) is 28.1 Å². The summed E-state index contributed by atoms with van der Waals surface area (Å²) in [5.74, 6) is -0.808. The second-order valence-electron chi connectivity index (χ2n) is 6.47. The van der Waals surface area contributed by atoms with E-state index in [0.29, 0.717) is 18.8 Å². The first-order valence-electron chi connectivity index (χ1n) is 9.61. The lowest BCUT2D eigenvalue weighted by atomic mass is 10.2. The average Bonchev–Trinajstić information content (AvgIpc) is 2.74. The highest BCUT2D eigenvalue weighted by Crippen LogP contribution is 2.18. The fourth-order valence-corrected chi connectivity index (χ4v) is 4.23. The molecule has 166 valence electrons. The maximum Gasteiger partial charge on any atom is 0.269 e. The highest BCUT2D eigenvalue weighted by Gasteiger charge is 2.21. The molecule has 0 atom stereocenters. The predicted molar refractivity (Wildman–Crippen MR) is 115 cm³/mol. The first-order chi connectivity index (χ1) is 14.7. The van der Waals surface area contributed by atoms with Crippen molar-refractivity contribution < 1.29 is 22.9 Å². The second-order valence-corrected chi connectivity index (χ2v) is 8.41. The number of non-ortho nitro benzene ring substituents is 1. The number of amides is 2. The SMILES string of the molecule is CCN(CC)S(=O)(=O)c1ccc(NC(=O)CCNC(=O)c2ccc([N+](=O)[O-])cc2)cc1. The normalized spacial score (nSPS) is 11.2. The Balaban J connectivity index is 1.86. The Morgan fingerprint density at radius 3 is 2.10 bits per heavy atom. The summed E-state index contributed by atoms with van der Waals surface area (Å²) < 4.78 is 26.3. The number of nitro groups is 1. The zero-order valence-electron chi connectivity index (χ0n) is 17.2. The molecular formula is C20H24N4O6S. The number of anilines is 1. The minimum absolute atomic E-state index is 0.00177. The van der Waals surface area contributed by atoms with Crippen LogP contribution < -0.4 is 10.6 Å². The molecule has 0 aliphatic rings. The average molecular weight is 449 g/mol. The van der Waals surface area contributed by atoms with Crippen molar-refractivity contribution in [3.63, 3.8) is 0 Å². The summed E-state index contributed by atoms with van der Waals surface area (Å²) >= 11 is 0.